The van der Waals surface area contributed by atoms with Gasteiger partial charge in [-0.3, -0.25) is 0 Å². The lowest BCUT2D eigenvalue weighted by Gasteiger charge is -2.29. The van der Waals surface area contributed by atoms with Crippen molar-refractivity contribution < 1.29 is 24.4 Å². The van der Waals surface area contributed by atoms with Gasteiger partial charge in [-0.1, -0.05) is 11.8 Å². The average molecular weight is 272 g/mol. The maximum atomic E-state index is 7.91. The van der Waals surface area contributed by atoms with Crippen molar-refractivity contribution in [1.82, 2.24) is 0 Å². The van der Waals surface area contributed by atoms with Gasteiger partial charge in [0.25, 0.3) is 0 Å². The molecular weight excluding hydrogens is 248 g/mol. The Labute approximate surface area is 114 Å². The molecule has 2 aliphatic heterocycles. The first-order valence-electron chi connectivity index (χ1n) is 6.93. The average Bonchev–Trinajstić information content (AvgIpc) is 2.48. The molecule has 2 unspecified atom stereocenters. The van der Waals surface area contributed by atoms with Crippen LogP contribution in [0.2, 0.25) is 0 Å². The van der Waals surface area contributed by atoms with Crippen LogP contribution in [0, 0.1) is 11.8 Å². The molecule has 110 valence electrons. The maximum absolute atomic E-state index is 7.91. The number of hydrogen-bond donors (Lipinski definition) is 2. The normalized spacial score (nSPS) is 26.6. The van der Waals surface area contributed by atoms with E-state index in [9.17, 15) is 0 Å². The Balaban J connectivity index is 0.000000258. The molecule has 2 N–H and O–H groups in total. The Morgan fingerprint density at radius 3 is 1.63 bits per heavy atom. The van der Waals surface area contributed by atoms with E-state index in [1.165, 1.54) is 25.7 Å². The monoisotopic (exact) mass is 272 g/mol. The van der Waals surface area contributed by atoms with Crippen molar-refractivity contribution in [3.63, 3.8) is 0 Å². The van der Waals surface area contributed by atoms with E-state index in [1.54, 1.807) is 0 Å². The van der Waals surface area contributed by atoms with E-state index in [4.69, 9.17) is 24.4 Å². The lowest BCUT2D eigenvalue weighted by molar-refractivity contribution is -0.264. The van der Waals surface area contributed by atoms with Gasteiger partial charge in [-0.05, 0) is 38.5 Å². The molecule has 5 nitrogen and oxygen atoms in total. The van der Waals surface area contributed by atoms with E-state index in [1.807, 2.05) is 0 Å². The van der Waals surface area contributed by atoms with Crippen LogP contribution in [0.25, 0.3) is 0 Å². The highest BCUT2D eigenvalue weighted by molar-refractivity contribution is 4.97. The molecule has 2 aliphatic rings. The van der Waals surface area contributed by atoms with Gasteiger partial charge in [0, 0.05) is 13.2 Å². The van der Waals surface area contributed by atoms with Gasteiger partial charge in [-0.2, -0.15) is 0 Å². The topological polar surface area (TPSA) is 68.2 Å². The lowest BCUT2D eigenvalue weighted by atomic mass is 10.2. The summed E-state index contributed by atoms with van der Waals surface area (Å²) in [5, 5.41) is 15.8. The SMILES string of the molecule is C1CCC(OC2CCCCO2)OC1.OCC#CCO. The molecule has 19 heavy (non-hydrogen) atoms. The fraction of sp³-hybridized carbons (Fsp3) is 0.857. The Kier molecular flexibility index (Phi) is 9.68. The van der Waals surface area contributed by atoms with Crippen LogP contribution in [0.5, 0.6) is 0 Å². The molecule has 0 amide bonds. The van der Waals surface area contributed by atoms with Gasteiger partial charge in [-0.15, -0.1) is 0 Å². The van der Waals surface area contributed by atoms with Crippen LogP contribution in [0.15, 0.2) is 0 Å². The first-order chi connectivity index (χ1) is 9.36. The molecule has 0 saturated carbocycles. The summed E-state index contributed by atoms with van der Waals surface area (Å²) in [6.45, 7) is 1.36. The smallest absolute Gasteiger partial charge is 0.160 e. The minimum atomic E-state index is -0.166. The van der Waals surface area contributed by atoms with Crippen LogP contribution in [-0.4, -0.2) is 49.2 Å². The van der Waals surface area contributed by atoms with Crippen LogP contribution >= 0.6 is 0 Å². The van der Waals surface area contributed by atoms with E-state index < -0.39 is 0 Å². The second-order valence-electron chi connectivity index (χ2n) is 4.40. The van der Waals surface area contributed by atoms with Crippen LogP contribution in [0.3, 0.4) is 0 Å². The molecule has 0 aromatic rings. The minimum absolute atomic E-state index is 0.00292. The first kappa shape index (κ1) is 16.4. The third-order valence-electron chi connectivity index (χ3n) is 2.86. The highest BCUT2D eigenvalue weighted by atomic mass is 16.8. The maximum Gasteiger partial charge on any atom is 0.160 e. The molecule has 5 heteroatoms. The predicted molar refractivity (Wildman–Crippen MR) is 70.2 cm³/mol. The standard InChI is InChI=1S/C10H18O3.C4H6O2/c1-3-7-11-9(5-1)13-10-6-2-4-8-12-10;5-3-1-2-4-6/h9-10H,1-8H2;5-6H,3-4H2. The molecule has 2 fully saturated rings. The van der Waals surface area contributed by atoms with E-state index in [0.29, 0.717) is 0 Å². The molecule has 0 bridgehead atoms. The summed E-state index contributed by atoms with van der Waals surface area (Å²) in [4.78, 5) is 0. The molecule has 0 spiro atoms. The van der Waals surface area contributed by atoms with Crippen molar-refractivity contribution in [2.24, 2.45) is 0 Å². The quantitative estimate of drug-likeness (QED) is 0.735. The van der Waals surface area contributed by atoms with Crippen LogP contribution < -0.4 is 0 Å². The molecule has 0 aromatic carbocycles. The molecule has 2 heterocycles. The fourth-order valence-corrected chi connectivity index (χ4v) is 1.92. The zero-order valence-corrected chi connectivity index (χ0v) is 11.3. The summed E-state index contributed by atoms with van der Waals surface area (Å²) in [5.41, 5.74) is 0. The minimum Gasteiger partial charge on any atom is -0.384 e. The third-order valence-corrected chi connectivity index (χ3v) is 2.86. The van der Waals surface area contributed by atoms with Crippen LogP contribution in [-0.2, 0) is 14.2 Å². The second kappa shape index (κ2) is 11.2. The van der Waals surface area contributed by atoms with E-state index in [-0.39, 0.29) is 25.8 Å². The zero-order valence-electron chi connectivity index (χ0n) is 11.3. The Morgan fingerprint density at radius 2 is 1.32 bits per heavy atom. The second-order valence-corrected chi connectivity index (χ2v) is 4.40. The van der Waals surface area contributed by atoms with Gasteiger partial charge in [0.1, 0.15) is 13.2 Å². The zero-order chi connectivity index (χ0) is 13.8. The fourth-order valence-electron chi connectivity index (χ4n) is 1.92. The van der Waals surface area contributed by atoms with Crippen LogP contribution in [0.4, 0.5) is 0 Å². The van der Waals surface area contributed by atoms with Gasteiger partial charge in [0.15, 0.2) is 12.6 Å². The van der Waals surface area contributed by atoms with Crippen molar-refractivity contribution in [3.8, 4) is 11.8 Å². The predicted octanol–water partition coefficient (Wildman–Crippen LogP) is 1.03. The number of aliphatic hydroxyl groups is 2. The highest BCUT2D eigenvalue weighted by Crippen LogP contribution is 2.20. The lowest BCUT2D eigenvalue weighted by Crippen LogP contribution is -2.31. The molecule has 2 atom stereocenters. The van der Waals surface area contributed by atoms with Gasteiger partial charge in [0.05, 0.1) is 0 Å². The Morgan fingerprint density at radius 1 is 0.842 bits per heavy atom. The molecule has 0 aliphatic carbocycles. The summed E-state index contributed by atoms with van der Waals surface area (Å²) in [6, 6.07) is 0. The summed E-state index contributed by atoms with van der Waals surface area (Å²) < 4.78 is 16.6. The van der Waals surface area contributed by atoms with Gasteiger partial charge in [-0.25, -0.2) is 0 Å². The van der Waals surface area contributed by atoms with Crippen molar-refractivity contribution in [2.75, 3.05) is 26.4 Å². The van der Waals surface area contributed by atoms with E-state index in [0.717, 1.165) is 26.1 Å². The number of ether oxygens (including phenoxy) is 3. The molecule has 0 aromatic heterocycles. The molecule has 2 rings (SSSR count). The van der Waals surface area contributed by atoms with Gasteiger partial charge >= 0.3 is 0 Å². The number of rotatable bonds is 2. The van der Waals surface area contributed by atoms with Crippen molar-refractivity contribution in [3.05, 3.63) is 0 Å². The Bertz CT molecular complexity index is 235. The summed E-state index contributed by atoms with van der Waals surface area (Å²) in [7, 11) is 0. The summed E-state index contributed by atoms with van der Waals surface area (Å²) in [6.07, 6.45) is 6.83. The summed E-state index contributed by atoms with van der Waals surface area (Å²) in [5.74, 6) is 4.51. The van der Waals surface area contributed by atoms with E-state index in [2.05, 4.69) is 11.8 Å². The highest BCUT2D eigenvalue weighted by Gasteiger charge is 2.21. The summed E-state index contributed by atoms with van der Waals surface area (Å²) >= 11 is 0. The number of aliphatic hydroxyl groups excluding tert-OH is 2. The molecule has 0 radical (unpaired) electrons. The van der Waals surface area contributed by atoms with Crippen LogP contribution in [0.1, 0.15) is 38.5 Å². The Hall–Kier alpha value is -0.640. The van der Waals surface area contributed by atoms with Crippen molar-refractivity contribution in [1.29, 1.82) is 0 Å². The van der Waals surface area contributed by atoms with Gasteiger partial charge < -0.3 is 24.4 Å². The first-order valence-corrected chi connectivity index (χ1v) is 6.93. The number of hydrogen-bond acceptors (Lipinski definition) is 5. The van der Waals surface area contributed by atoms with Crippen molar-refractivity contribution in [2.45, 2.75) is 51.1 Å². The van der Waals surface area contributed by atoms with Gasteiger partial charge in [0.2, 0.25) is 0 Å². The molecular formula is C14H24O5. The van der Waals surface area contributed by atoms with Crippen molar-refractivity contribution >= 4 is 0 Å². The molecule has 2 saturated heterocycles. The van der Waals surface area contributed by atoms with E-state index >= 15 is 0 Å². The largest absolute Gasteiger partial charge is 0.384 e. The third kappa shape index (κ3) is 8.19.